The molecule has 0 aromatic heterocycles. The molecule has 2 heteroatoms. The van der Waals surface area contributed by atoms with Crippen LogP contribution in [0.15, 0.2) is 30.3 Å². The molecule has 0 spiro atoms. The summed E-state index contributed by atoms with van der Waals surface area (Å²) in [6.45, 7) is 8.89. The largest absolute Gasteiger partial charge is 0.329 e. The highest BCUT2D eigenvalue weighted by Gasteiger charge is 2.42. The first-order valence-corrected chi connectivity index (χ1v) is 7.00. The van der Waals surface area contributed by atoms with Crippen molar-refractivity contribution in [3.05, 3.63) is 35.9 Å². The van der Waals surface area contributed by atoms with Crippen LogP contribution in [-0.4, -0.2) is 29.1 Å². The first-order valence-electron chi connectivity index (χ1n) is 7.00. The molecule has 1 heterocycles. The minimum Gasteiger partial charge on any atom is -0.329 e. The zero-order valence-electron chi connectivity index (χ0n) is 11.9. The molecule has 2 rings (SSSR count). The summed E-state index contributed by atoms with van der Waals surface area (Å²) in [5.74, 6) is 0. The highest BCUT2D eigenvalue weighted by molar-refractivity contribution is 5.19. The maximum absolute atomic E-state index is 6.11. The van der Waals surface area contributed by atoms with Crippen molar-refractivity contribution in [1.29, 1.82) is 0 Å². The molecule has 1 aromatic rings. The van der Waals surface area contributed by atoms with Crippen LogP contribution in [0.2, 0.25) is 0 Å². The number of nitrogens with zero attached hydrogens (tertiary/aromatic N) is 1. The molecule has 1 saturated heterocycles. The predicted molar refractivity (Wildman–Crippen MR) is 77.6 cm³/mol. The minimum atomic E-state index is 0.0708. The maximum atomic E-state index is 6.11. The lowest BCUT2D eigenvalue weighted by molar-refractivity contribution is 0.0478. The molecule has 1 unspecified atom stereocenters. The average molecular weight is 246 g/mol. The predicted octanol–water partition coefficient (Wildman–Crippen LogP) is 2.82. The Bertz CT molecular complexity index is 385. The zero-order valence-corrected chi connectivity index (χ0v) is 11.9. The second-order valence-corrected chi connectivity index (χ2v) is 6.43. The fourth-order valence-corrected chi connectivity index (χ4v) is 3.42. The third kappa shape index (κ3) is 2.60. The van der Waals surface area contributed by atoms with Crippen molar-refractivity contribution in [3.63, 3.8) is 0 Å². The summed E-state index contributed by atoms with van der Waals surface area (Å²) >= 11 is 0. The molecule has 0 aliphatic carbocycles. The number of rotatable bonds is 4. The number of nitrogens with two attached hydrogens (primary N) is 1. The molecule has 18 heavy (non-hydrogen) atoms. The third-order valence-electron chi connectivity index (χ3n) is 4.42. The van der Waals surface area contributed by atoms with Gasteiger partial charge in [0.1, 0.15) is 0 Å². The molecule has 1 aromatic carbocycles. The molecule has 1 atom stereocenters. The molecule has 0 amide bonds. The zero-order chi connectivity index (χ0) is 13.2. The Morgan fingerprint density at radius 1 is 1.28 bits per heavy atom. The van der Waals surface area contributed by atoms with E-state index in [4.69, 9.17) is 5.73 Å². The fourth-order valence-electron chi connectivity index (χ4n) is 3.42. The van der Waals surface area contributed by atoms with Crippen molar-refractivity contribution in [3.8, 4) is 0 Å². The van der Waals surface area contributed by atoms with Crippen LogP contribution in [0.25, 0.3) is 0 Å². The van der Waals surface area contributed by atoms with Crippen LogP contribution >= 0.6 is 0 Å². The second-order valence-electron chi connectivity index (χ2n) is 6.43. The molecule has 0 radical (unpaired) electrons. The Kier molecular flexibility index (Phi) is 3.79. The van der Waals surface area contributed by atoms with Gasteiger partial charge in [0.15, 0.2) is 0 Å². The SMILES string of the molecule is CC1(C)CCCN1C(C)(CN)Cc1ccccc1. The third-order valence-corrected chi connectivity index (χ3v) is 4.42. The standard InChI is InChI=1S/C16H26N2/c1-15(2)10-7-11-18(15)16(3,13-17)12-14-8-5-4-6-9-14/h4-6,8-9H,7,10-13,17H2,1-3H3. The minimum absolute atomic E-state index is 0.0708. The molecule has 0 saturated carbocycles. The lowest BCUT2D eigenvalue weighted by atomic mass is 9.87. The van der Waals surface area contributed by atoms with Gasteiger partial charge in [-0.2, -0.15) is 0 Å². The normalized spacial score (nSPS) is 22.9. The van der Waals surface area contributed by atoms with Gasteiger partial charge in [-0.15, -0.1) is 0 Å². The molecule has 1 fully saturated rings. The van der Waals surface area contributed by atoms with E-state index >= 15 is 0 Å². The Balaban J connectivity index is 2.20. The van der Waals surface area contributed by atoms with E-state index < -0.39 is 0 Å². The van der Waals surface area contributed by atoms with E-state index in [0.717, 1.165) is 6.42 Å². The first-order chi connectivity index (χ1) is 8.48. The molecule has 1 aliphatic heterocycles. The lowest BCUT2D eigenvalue weighted by Gasteiger charge is -2.46. The van der Waals surface area contributed by atoms with E-state index in [1.807, 2.05) is 0 Å². The second kappa shape index (κ2) is 5.02. The highest BCUT2D eigenvalue weighted by Crippen LogP contribution is 2.36. The van der Waals surface area contributed by atoms with Crippen molar-refractivity contribution in [2.45, 2.75) is 51.1 Å². The fraction of sp³-hybridized carbons (Fsp3) is 0.625. The molecule has 2 N–H and O–H groups in total. The molecule has 2 nitrogen and oxygen atoms in total. The van der Waals surface area contributed by atoms with Crippen LogP contribution in [-0.2, 0) is 6.42 Å². The van der Waals surface area contributed by atoms with Crippen molar-refractivity contribution in [2.75, 3.05) is 13.1 Å². The van der Waals surface area contributed by atoms with Crippen molar-refractivity contribution in [1.82, 2.24) is 4.90 Å². The van der Waals surface area contributed by atoms with Gasteiger partial charge in [0.05, 0.1) is 0 Å². The molecule has 1 aliphatic rings. The number of hydrogen-bond donors (Lipinski definition) is 1. The smallest absolute Gasteiger partial charge is 0.0349 e. The van der Waals surface area contributed by atoms with E-state index in [1.54, 1.807) is 0 Å². The molecular formula is C16H26N2. The highest BCUT2D eigenvalue weighted by atomic mass is 15.3. The maximum Gasteiger partial charge on any atom is 0.0349 e. The summed E-state index contributed by atoms with van der Waals surface area (Å²) < 4.78 is 0. The van der Waals surface area contributed by atoms with Gasteiger partial charge in [-0.1, -0.05) is 30.3 Å². The van der Waals surface area contributed by atoms with Gasteiger partial charge in [-0.3, -0.25) is 4.90 Å². The van der Waals surface area contributed by atoms with E-state index in [9.17, 15) is 0 Å². The van der Waals surface area contributed by atoms with Gasteiger partial charge in [0.25, 0.3) is 0 Å². The van der Waals surface area contributed by atoms with Gasteiger partial charge in [-0.25, -0.2) is 0 Å². The topological polar surface area (TPSA) is 29.3 Å². The number of likely N-dealkylation sites (tertiary alicyclic amines) is 1. The van der Waals surface area contributed by atoms with Gasteiger partial charge in [0.2, 0.25) is 0 Å². The van der Waals surface area contributed by atoms with Crippen LogP contribution in [0.5, 0.6) is 0 Å². The quantitative estimate of drug-likeness (QED) is 0.885. The van der Waals surface area contributed by atoms with Crippen LogP contribution < -0.4 is 5.73 Å². The number of hydrogen-bond acceptors (Lipinski definition) is 2. The molecule has 100 valence electrons. The summed E-state index contributed by atoms with van der Waals surface area (Å²) in [5, 5.41) is 0. The van der Waals surface area contributed by atoms with Crippen LogP contribution in [0, 0.1) is 0 Å². The van der Waals surface area contributed by atoms with E-state index in [-0.39, 0.29) is 11.1 Å². The van der Waals surface area contributed by atoms with Crippen LogP contribution in [0.4, 0.5) is 0 Å². The van der Waals surface area contributed by atoms with Gasteiger partial charge in [-0.05, 0) is 52.1 Å². The summed E-state index contributed by atoms with van der Waals surface area (Å²) in [4.78, 5) is 2.62. The van der Waals surface area contributed by atoms with Gasteiger partial charge < -0.3 is 5.73 Å². The lowest BCUT2D eigenvalue weighted by Crippen LogP contribution is -2.58. The van der Waals surface area contributed by atoms with E-state index in [2.05, 4.69) is 56.0 Å². The van der Waals surface area contributed by atoms with E-state index in [1.165, 1.54) is 24.9 Å². The Hall–Kier alpha value is -0.860. The summed E-state index contributed by atoms with van der Waals surface area (Å²) in [6.07, 6.45) is 3.60. The Morgan fingerprint density at radius 2 is 1.94 bits per heavy atom. The van der Waals surface area contributed by atoms with Gasteiger partial charge >= 0.3 is 0 Å². The molecular weight excluding hydrogens is 220 g/mol. The first kappa shape index (κ1) is 13.6. The van der Waals surface area contributed by atoms with Crippen molar-refractivity contribution >= 4 is 0 Å². The Labute approximate surface area is 111 Å². The van der Waals surface area contributed by atoms with Crippen molar-refractivity contribution < 1.29 is 0 Å². The summed E-state index contributed by atoms with van der Waals surface area (Å²) in [7, 11) is 0. The van der Waals surface area contributed by atoms with E-state index in [0.29, 0.717) is 6.54 Å². The summed E-state index contributed by atoms with van der Waals surface area (Å²) in [6, 6.07) is 10.7. The number of benzene rings is 1. The summed E-state index contributed by atoms with van der Waals surface area (Å²) in [5.41, 5.74) is 7.85. The Morgan fingerprint density at radius 3 is 2.44 bits per heavy atom. The average Bonchev–Trinajstić information content (AvgIpc) is 2.71. The van der Waals surface area contributed by atoms with Gasteiger partial charge in [0, 0.05) is 17.6 Å². The van der Waals surface area contributed by atoms with Crippen LogP contribution in [0.1, 0.15) is 39.2 Å². The monoisotopic (exact) mass is 246 g/mol. The molecule has 0 bridgehead atoms. The van der Waals surface area contributed by atoms with Crippen LogP contribution in [0.3, 0.4) is 0 Å². The van der Waals surface area contributed by atoms with Crippen molar-refractivity contribution in [2.24, 2.45) is 5.73 Å².